The molecule has 1 saturated carbocycles. The first kappa shape index (κ1) is 10.7. The molecule has 82 valence electrons. The fraction of sp³-hybridized carbons (Fsp3) is 0.583. The minimum absolute atomic E-state index is 0.245. The number of alkyl halides is 1. The highest BCUT2D eigenvalue weighted by Crippen LogP contribution is 2.37. The third-order valence-corrected chi connectivity index (χ3v) is 3.12. The van der Waals surface area contributed by atoms with Crippen molar-refractivity contribution in [3.63, 3.8) is 0 Å². The van der Waals surface area contributed by atoms with E-state index in [1.807, 2.05) is 25.1 Å². The Hall–Kier alpha value is -0.760. The van der Waals surface area contributed by atoms with Crippen LogP contribution in [0.3, 0.4) is 0 Å². The molecular weight excluding hydrogens is 210 g/mol. The van der Waals surface area contributed by atoms with E-state index in [2.05, 4.69) is 4.98 Å². The summed E-state index contributed by atoms with van der Waals surface area (Å²) in [6, 6.07) is 5.87. The van der Waals surface area contributed by atoms with E-state index < -0.39 is 0 Å². The molecule has 0 spiro atoms. The monoisotopic (exact) mass is 225 g/mol. The molecule has 15 heavy (non-hydrogen) atoms. The summed E-state index contributed by atoms with van der Waals surface area (Å²) >= 11 is 6.26. The van der Waals surface area contributed by atoms with Crippen LogP contribution in [0.1, 0.15) is 25.5 Å². The molecule has 0 saturated heterocycles. The van der Waals surface area contributed by atoms with Crippen molar-refractivity contribution in [3.8, 4) is 5.88 Å². The number of aromatic nitrogens is 1. The molecule has 0 radical (unpaired) electrons. The van der Waals surface area contributed by atoms with Crippen molar-refractivity contribution < 1.29 is 4.74 Å². The molecule has 0 bridgehead atoms. The third-order valence-electron chi connectivity index (χ3n) is 2.61. The fourth-order valence-corrected chi connectivity index (χ4v) is 2.03. The number of ether oxygens (including phenoxy) is 1. The van der Waals surface area contributed by atoms with E-state index in [4.69, 9.17) is 16.3 Å². The minimum atomic E-state index is 0.245. The lowest BCUT2D eigenvalue weighted by molar-refractivity contribution is 0.325. The quantitative estimate of drug-likeness (QED) is 0.719. The van der Waals surface area contributed by atoms with Gasteiger partial charge in [0.25, 0.3) is 0 Å². The van der Waals surface area contributed by atoms with E-state index in [9.17, 15) is 0 Å². The SMILES string of the molecule is CCOc1cccc(CC(Cl)C2CC2)n1. The van der Waals surface area contributed by atoms with Crippen molar-refractivity contribution in [2.75, 3.05) is 6.61 Å². The Balaban J connectivity index is 1.97. The molecule has 1 unspecified atom stereocenters. The number of hydrogen-bond acceptors (Lipinski definition) is 2. The standard InChI is InChI=1S/C12H16ClNO/c1-2-15-12-5-3-4-10(14-12)8-11(13)9-6-7-9/h3-5,9,11H,2,6-8H2,1H3. The number of pyridine rings is 1. The molecule has 2 nitrogen and oxygen atoms in total. The molecule has 1 atom stereocenters. The predicted molar refractivity (Wildman–Crippen MR) is 61.5 cm³/mol. The normalized spacial score (nSPS) is 17.5. The molecule has 1 aliphatic carbocycles. The highest BCUT2D eigenvalue weighted by atomic mass is 35.5. The average Bonchev–Trinajstić information content (AvgIpc) is 3.01. The van der Waals surface area contributed by atoms with Gasteiger partial charge in [0.15, 0.2) is 0 Å². The summed E-state index contributed by atoms with van der Waals surface area (Å²) in [6.07, 6.45) is 3.41. The van der Waals surface area contributed by atoms with Gasteiger partial charge in [-0.2, -0.15) is 0 Å². The van der Waals surface area contributed by atoms with Gasteiger partial charge in [0.05, 0.1) is 6.61 Å². The molecular formula is C12H16ClNO. The topological polar surface area (TPSA) is 22.1 Å². The van der Waals surface area contributed by atoms with Crippen molar-refractivity contribution >= 4 is 11.6 Å². The lowest BCUT2D eigenvalue weighted by atomic mass is 10.1. The second-order valence-corrected chi connectivity index (χ2v) is 4.52. The van der Waals surface area contributed by atoms with Gasteiger partial charge in [-0.15, -0.1) is 11.6 Å². The zero-order valence-electron chi connectivity index (χ0n) is 8.95. The van der Waals surface area contributed by atoms with Gasteiger partial charge in [0.1, 0.15) is 0 Å². The maximum atomic E-state index is 6.26. The number of hydrogen-bond donors (Lipinski definition) is 0. The Labute approximate surface area is 95.6 Å². The van der Waals surface area contributed by atoms with Crippen LogP contribution < -0.4 is 4.74 Å². The maximum absolute atomic E-state index is 6.26. The molecule has 3 heteroatoms. The van der Waals surface area contributed by atoms with Gasteiger partial charge in [-0.25, -0.2) is 4.98 Å². The summed E-state index contributed by atoms with van der Waals surface area (Å²) in [5.41, 5.74) is 1.04. The van der Waals surface area contributed by atoms with Crippen LogP contribution in [-0.2, 0) is 6.42 Å². The highest BCUT2D eigenvalue weighted by Gasteiger charge is 2.29. The Morgan fingerprint density at radius 2 is 2.33 bits per heavy atom. The summed E-state index contributed by atoms with van der Waals surface area (Å²) < 4.78 is 5.35. The number of halogens is 1. The van der Waals surface area contributed by atoms with Gasteiger partial charge in [-0.1, -0.05) is 6.07 Å². The fourth-order valence-electron chi connectivity index (χ4n) is 1.62. The van der Waals surface area contributed by atoms with Crippen molar-refractivity contribution in [2.24, 2.45) is 5.92 Å². The minimum Gasteiger partial charge on any atom is -0.478 e. The maximum Gasteiger partial charge on any atom is 0.213 e. The molecule has 1 aromatic rings. The van der Waals surface area contributed by atoms with Crippen LogP contribution in [0.5, 0.6) is 5.88 Å². The van der Waals surface area contributed by atoms with Crippen LogP contribution in [-0.4, -0.2) is 17.0 Å². The largest absolute Gasteiger partial charge is 0.478 e. The van der Waals surface area contributed by atoms with Crippen molar-refractivity contribution in [1.82, 2.24) is 4.98 Å². The van der Waals surface area contributed by atoms with Crippen molar-refractivity contribution in [1.29, 1.82) is 0 Å². The van der Waals surface area contributed by atoms with Gasteiger partial charge >= 0.3 is 0 Å². The van der Waals surface area contributed by atoms with Gasteiger partial charge in [0, 0.05) is 23.6 Å². The molecule has 1 fully saturated rings. The molecule has 0 N–H and O–H groups in total. The zero-order valence-corrected chi connectivity index (χ0v) is 9.70. The van der Waals surface area contributed by atoms with Crippen molar-refractivity contribution in [3.05, 3.63) is 23.9 Å². The number of rotatable bonds is 5. The average molecular weight is 226 g/mol. The molecule has 2 rings (SSSR count). The smallest absolute Gasteiger partial charge is 0.213 e. The molecule has 1 aliphatic rings. The van der Waals surface area contributed by atoms with Crippen LogP contribution in [0.15, 0.2) is 18.2 Å². The van der Waals surface area contributed by atoms with E-state index in [1.165, 1.54) is 12.8 Å². The van der Waals surface area contributed by atoms with E-state index in [0.717, 1.165) is 12.1 Å². The van der Waals surface area contributed by atoms with Gasteiger partial charge in [-0.3, -0.25) is 0 Å². The van der Waals surface area contributed by atoms with Crippen LogP contribution >= 0.6 is 11.6 Å². The number of nitrogens with zero attached hydrogens (tertiary/aromatic N) is 1. The highest BCUT2D eigenvalue weighted by molar-refractivity contribution is 6.21. The van der Waals surface area contributed by atoms with Crippen molar-refractivity contribution in [2.45, 2.75) is 31.6 Å². The summed E-state index contributed by atoms with van der Waals surface area (Å²) in [6.45, 7) is 2.62. The Morgan fingerprint density at radius 1 is 1.53 bits per heavy atom. The van der Waals surface area contributed by atoms with E-state index in [0.29, 0.717) is 18.4 Å². The van der Waals surface area contributed by atoms with E-state index in [-0.39, 0.29) is 5.38 Å². The molecule has 0 aromatic carbocycles. The molecule has 0 aliphatic heterocycles. The van der Waals surface area contributed by atoms with Crippen LogP contribution in [0.2, 0.25) is 0 Å². The molecule has 1 aromatic heterocycles. The first-order valence-electron chi connectivity index (χ1n) is 5.52. The third kappa shape index (κ3) is 3.10. The van der Waals surface area contributed by atoms with Crippen LogP contribution in [0.4, 0.5) is 0 Å². The molecule has 1 heterocycles. The lowest BCUT2D eigenvalue weighted by Crippen LogP contribution is -2.07. The summed E-state index contributed by atoms with van der Waals surface area (Å²) in [5.74, 6) is 1.42. The Bertz CT molecular complexity index is 325. The molecule has 0 amide bonds. The second-order valence-electron chi connectivity index (χ2n) is 3.96. The van der Waals surface area contributed by atoms with Gasteiger partial charge in [0.2, 0.25) is 5.88 Å². The zero-order chi connectivity index (χ0) is 10.7. The predicted octanol–water partition coefficient (Wildman–Crippen LogP) is 3.04. The summed E-state index contributed by atoms with van der Waals surface area (Å²) in [7, 11) is 0. The first-order chi connectivity index (χ1) is 7.29. The lowest BCUT2D eigenvalue weighted by Gasteiger charge is -2.08. The van der Waals surface area contributed by atoms with Gasteiger partial charge in [-0.05, 0) is 31.7 Å². The van der Waals surface area contributed by atoms with Gasteiger partial charge < -0.3 is 4.74 Å². The Morgan fingerprint density at radius 3 is 3.00 bits per heavy atom. The second kappa shape index (κ2) is 4.84. The van der Waals surface area contributed by atoms with Crippen LogP contribution in [0.25, 0.3) is 0 Å². The van der Waals surface area contributed by atoms with Crippen LogP contribution in [0, 0.1) is 5.92 Å². The Kier molecular flexibility index (Phi) is 3.47. The summed E-state index contributed by atoms with van der Waals surface area (Å²) in [5, 5.41) is 0.245. The van der Waals surface area contributed by atoms with E-state index in [1.54, 1.807) is 0 Å². The first-order valence-corrected chi connectivity index (χ1v) is 5.96. The summed E-state index contributed by atoms with van der Waals surface area (Å²) in [4.78, 5) is 4.41. The van der Waals surface area contributed by atoms with E-state index >= 15 is 0 Å².